The standard InChI is InChI=1S/C13H16OS/c14-12(13-2-1-5-15-13)8-11-7-9-3-4-10(11)6-9/h1-2,5,9-11H,3-4,6-8H2. The second-order valence-corrected chi connectivity index (χ2v) is 5.99. The molecule has 2 fully saturated rings. The molecule has 2 bridgehead atoms. The molecule has 0 spiro atoms. The predicted octanol–water partition coefficient (Wildman–Crippen LogP) is 3.76. The van der Waals surface area contributed by atoms with E-state index in [1.807, 2.05) is 17.5 Å². The Morgan fingerprint density at radius 3 is 2.93 bits per heavy atom. The van der Waals surface area contributed by atoms with E-state index in [9.17, 15) is 4.79 Å². The molecular weight excluding hydrogens is 204 g/mol. The first-order valence-corrected chi connectivity index (χ1v) is 6.77. The van der Waals surface area contributed by atoms with Crippen LogP contribution in [0.4, 0.5) is 0 Å². The van der Waals surface area contributed by atoms with Gasteiger partial charge in [0.2, 0.25) is 0 Å². The largest absolute Gasteiger partial charge is 0.293 e. The van der Waals surface area contributed by atoms with Gasteiger partial charge in [-0.3, -0.25) is 4.79 Å². The zero-order chi connectivity index (χ0) is 10.3. The first-order chi connectivity index (χ1) is 7.33. The Morgan fingerprint density at radius 1 is 1.40 bits per heavy atom. The van der Waals surface area contributed by atoms with Crippen LogP contribution in [0.15, 0.2) is 17.5 Å². The minimum absolute atomic E-state index is 0.377. The lowest BCUT2D eigenvalue weighted by atomic mass is 9.85. The maximum atomic E-state index is 11.9. The van der Waals surface area contributed by atoms with Crippen molar-refractivity contribution in [1.29, 1.82) is 0 Å². The minimum Gasteiger partial charge on any atom is -0.293 e. The van der Waals surface area contributed by atoms with E-state index in [-0.39, 0.29) is 0 Å². The van der Waals surface area contributed by atoms with E-state index in [0.717, 1.165) is 23.1 Å². The summed E-state index contributed by atoms with van der Waals surface area (Å²) >= 11 is 1.58. The van der Waals surface area contributed by atoms with E-state index in [1.165, 1.54) is 25.7 Å². The third-order valence-corrected chi connectivity index (χ3v) is 5.04. The van der Waals surface area contributed by atoms with Crippen molar-refractivity contribution in [3.8, 4) is 0 Å². The summed E-state index contributed by atoms with van der Waals surface area (Å²) in [6, 6.07) is 3.93. The molecule has 2 saturated carbocycles. The van der Waals surface area contributed by atoms with Crippen molar-refractivity contribution < 1.29 is 4.79 Å². The lowest BCUT2D eigenvalue weighted by Crippen LogP contribution is -2.14. The van der Waals surface area contributed by atoms with Crippen molar-refractivity contribution in [3.63, 3.8) is 0 Å². The van der Waals surface area contributed by atoms with Gasteiger partial charge in [-0.25, -0.2) is 0 Å². The Balaban J connectivity index is 1.64. The van der Waals surface area contributed by atoms with E-state index in [0.29, 0.717) is 11.7 Å². The van der Waals surface area contributed by atoms with E-state index in [1.54, 1.807) is 11.3 Å². The van der Waals surface area contributed by atoms with Gasteiger partial charge in [-0.1, -0.05) is 12.5 Å². The molecule has 1 heterocycles. The van der Waals surface area contributed by atoms with Gasteiger partial charge >= 0.3 is 0 Å². The molecule has 3 unspecified atom stereocenters. The summed E-state index contributed by atoms with van der Waals surface area (Å²) in [5, 5.41) is 1.99. The molecule has 2 heteroatoms. The SMILES string of the molecule is O=C(CC1CC2CCC1C2)c1cccs1. The number of carbonyl (C=O) groups excluding carboxylic acids is 1. The van der Waals surface area contributed by atoms with Crippen LogP contribution in [0.1, 0.15) is 41.8 Å². The van der Waals surface area contributed by atoms with Crippen LogP contribution in [0, 0.1) is 17.8 Å². The van der Waals surface area contributed by atoms with Crippen LogP contribution in [-0.4, -0.2) is 5.78 Å². The number of hydrogen-bond donors (Lipinski definition) is 0. The highest BCUT2D eigenvalue weighted by Crippen LogP contribution is 2.49. The summed E-state index contributed by atoms with van der Waals surface area (Å²) in [5.41, 5.74) is 0. The van der Waals surface area contributed by atoms with E-state index >= 15 is 0 Å². The van der Waals surface area contributed by atoms with Crippen LogP contribution in [0.5, 0.6) is 0 Å². The van der Waals surface area contributed by atoms with Crippen molar-refractivity contribution in [3.05, 3.63) is 22.4 Å². The van der Waals surface area contributed by atoms with Gasteiger partial charge in [-0.2, -0.15) is 0 Å². The molecule has 15 heavy (non-hydrogen) atoms. The molecule has 1 nitrogen and oxygen atoms in total. The molecule has 0 amide bonds. The Hall–Kier alpha value is -0.630. The van der Waals surface area contributed by atoms with E-state index in [2.05, 4.69) is 0 Å². The van der Waals surface area contributed by atoms with Gasteiger partial charge in [0.15, 0.2) is 5.78 Å². The molecule has 1 aromatic heterocycles. The van der Waals surface area contributed by atoms with Gasteiger partial charge in [0.05, 0.1) is 4.88 Å². The molecule has 0 saturated heterocycles. The quantitative estimate of drug-likeness (QED) is 0.709. The summed E-state index contributed by atoms with van der Waals surface area (Å²) in [4.78, 5) is 12.9. The molecule has 1 aromatic rings. The fraction of sp³-hybridized carbons (Fsp3) is 0.615. The van der Waals surface area contributed by atoms with Gasteiger partial charge in [0, 0.05) is 6.42 Å². The van der Waals surface area contributed by atoms with E-state index in [4.69, 9.17) is 0 Å². The third kappa shape index (κ3) is 1.76. The van der Waals surface area contributed by atoms with Crippen molar-refractivity contribution >= 4 is 17.1 Å². The fourth-order valence-corrected chi connectivity index (χ4v) is 4.08. The highest BCUT2D eigenvalue weighted by atomic mass is 32.1. The van der Waals surface area contributed by atoms with Crippen LogP contribution in [0.25, 0.3) is 0 Å². The maximum absolute atomic E-state index is 11.9. The Bertz CT molecular complexity index is 355. The zero-order valence-electron chi connectivity index (χ0n) is 8.82. The van der Waals surface area contributed by atoms with Gasteiger partial charge < -0.3 is 0 Å². The van der Waals surface area contributed by atoms with Crippen LogP contribution in [-0.2, 0) is 0 Å². The minimum atomic E-state index is 0.377. The molecule has 2 aliphatic rings. The number of hydrogen-bond acceptors (Lipinski definition) is 2. The first kappa shape index (κ1) is 9.59. The van der Waals surface area contributed by atoms with Gasteiger partial charge in [-0.05, 0) is 48.5 Å². The predicted molar refractivity (Wildman–Crippen MR) is 62.2 cm³/mol. The maximum Gasteiger partial charge on any atom is 0.173 e. The summed E-state index contributed by atoms with van der Waals surface area (Å²) in [6.07, 6.45) is 6.34. The van der Waals surface area contributed by atoms with Crippen LogP contribution < -0.4 is 0 Å². The summed E-state index contributed by atoms with van der Waals surface area (Å²) in [6.45, 7) is 0. The highest BCUT2D eigenvalue weighted by Gasteiger charge is 2.40. The molecule has 80 valence electrons. The number of rotatable bonds is 3. The van der Waals surface area contributed by atoms with Crippen molar-refractivity contribution in [2.75, 3.05) is 0 Å². The average molecular weight is 220 g/mol. The zero-order valence-corrected chi connectivity index (χ0v) is 9.63. The second-order valence-electron chi connectivity index (χ2n) is 5.04. The molecule has 2 aliphatic carbocycles. The highest BCUT2D eigenvalue weighted by molar-refractivity contribution is 7.12. The average Bonchev–Trinajstić information content (AvgIpc) is 2.95. The van der Waals surface area contributed by atoms with Crippen LogP contribution in [0.2, 0.25) is 0 Å². The van der Waals surface area contributed by atoms with Crippen LogP contribution >= 0.6 is 11.3 Å². The van der Waals surface area contributed by atoms with Gasteiger partial charge in [0.1, 0.15) is 0 Å². The first-order valence-electron chi connectivity index (χ1n) is 5.89. The Morgan fingerprint density at radius 2 is 2.33 bits per heavy atom. The number of ketones is 1. The topological polar surface area (TPSA) is 17.1 Å². The molecule has 0 N–H and O–H groups in total. The summed E-state index contributed by atoms with van der Waals surface area (Å²) < 4.78 is 0. The number of thiophene rings is 1. The fourth-order valence-electron chi connectivity index (χ4n) is 3.40. The third-order valence-electron chi connectivity index (χ3n) is 4.13. The smallest absolute Gasteiger partial charge is 0.173 e. The summed E-state index contributed by atoms with van der Waals surface area (Å²) in [5.74, 6) is 2.91. The number of fused-ring (bicyclic) bond motifs is 2. The molecular formula is C13H16OS. The normalized spacial score (nSPS) is 33.5. The number of Topliss-reactive ketones (excluding diaryl/α,β-unsaturated/α-hetero) is 1. The van der Waals surface area contributed by atoms with Crippen molar-refractivity contribution in [2.45, 2.75) is 32.1 Å². The molecule has 0 aromatic carbocycles. The Labute approximate surface area is 94.5 Å². The van der Waals surface area contributed by atoms with Crippen LogP contribution in [0.3, 0.4) is 0 Å². The molecule has 3 rings (SSSR count). The van der Waals surface area contributed by atoms with Crippen molar-refractivity contribution in [2.24, 2.45) is 17.8 Å². The molecule has 0 aliphatic heterocycles. The lowest BCUT2D eigenvalue weighted by molar-refractivity contribution is 0.0948. The Kier molecular flexibility index (Phi) is 2.39. The molecule has 0 radical (unpaired) electrons. The van der Waals surface area contributed by atoms with Gasteiger partial charge in [0.25, 0.3) is 0 Å². The summed E-state index contributed by atoms with van der Waals surface area (Å²) in [7, 11) is 0. The van der Waals surface area contributed by atoms with Crippen molar-refractivity contribution in [1.82, 2.24) is 0 Å². The monoisotopic (exact) mass is 220 g/mol. The van der Waals surface area contributed by atoms with Gasteiger partial charge in [-0.15, -0.1) is 11.3 Å². The lowest BCUT2D eigenvalue weighted by Gasteiger charge is -2.20. The number of carbonyl (C=O) groups is 1. The molecule has 3 atom stereocenters. The second kappa shape index (κ2) is 3.75. The van der Waals surface area contributed by atoms with E-state index < -0.39 is 0 Å².